The van der Waals surface area contributed by atoms with Crippen LogP contribution >= 0.6 is 0 Å². The van der Waals surface area contributed by atoms with Gasteiger partial charge in [0.1, 0.15) is 5.82 Å². The Kier molecular flexibility index (Phi) is 4.09. The third kappa shape index (κ3) is 3.22. The van der Waals surface area contributed by atoms with Crippen LogP contribution in [0, 0.1) is 6.92 Å². The molecule has 0 saturated heterocycles. The molecule has 0 aliphatic carbocycles. The molecule has 24 heavy (non-hydrogen) atoms. The maximum atomic E-state index is 4.30. The standard InChI is InChI=1S/C21H21N3/c1-16-22-12-17(13-23-16)14-24-10-9-20-11-19(7-8-21(20)15-24)18-5-3-2-4-6-18/h2-8,11-13H,9-10,14-15H2,1H3. The second-order valence-corrected chi connectivity index (χ2v) is 6.45. The van der Waals surface area contributed by atoms with Crippen molar-refractivity contribution in [3.05, 3.63) is 83.4 Å². The molecule has 1 aromatic heterocycles. The summed E-state index contributed by atoms with van der Waals surface area (Å²) in [6, 6.07) is 17.5. The first kappa shape index (κ1) is 15.0. The Morgan fingerprint density at radius 3 is 2.50 bits per heavy atom. The van der Waals surface area contributed by atoms with E-state index in [9.17, 15) is 0 Å². The topological polar surface area (TPSA) is 29.0 Å². The van der Waals surface area contributed by atoms with Crippen molar-refractivity contribution in [2.45, 2.75) is 26.4 Å². The van der Waals surface area contributed by atoms with Crippen LogP contribution in [0.3, 0.4) is 0 Å². The van der Waals surface area contributed by atoms with E-state index < -0.39 is 0 Å². The van der Waals surface area contributed by atoms with Crippen molar-refractivity contribution in [3.63, 3.8) is 0 Å². The van der Waals surface area contributed by atoms with Crippen molar-refractivity contribution in [2.24, 2.45) is 0 Å². The molecule has 120 valence electrons. The fourth-order valence-electron chi connectivity index (χ4n) is 3.32. The van der Waals surface area contributed by atoms with Gasteiger partial charge in [-0.05, 0) is 35.6 Å². The number of hydrogen-bond donors (Lipinski definition) is 0. The number of aromatic nitrogens is 2. The van der Waals surface area contributed by atoms with Crippen molar-refractivity contribution >= 4 is 0 Å². The molecule has 2 aromatic carbocycles. The molecular weight excluding hydrogens is 294 g/mol. The van der Waals surface area contributed by atoms with E-state index in [0.717, 1.165) is 31.9 Å². The molecule has 1 aliphatic rings. The second kappa shape index (κ2) is 6.54. The SMILES string of the molecule is Cc1ncc(CN2CCc3cc(-c4ccccc4)ccc3C2)cn1. The minimum Gasteiger partial charge on any atom is -0.294 e. The van der Waals surface area contributed by atoms with E-state index in [4.69, 9.17) is 0 Å². The highest BCUT2D eigenvalue weighted by Gasteiger charge is 2.17. The van der Waals surface area contributed by atoms with Gasteiger partial charge in [-0.25, -0.2) is 9.97 Å². The van der Waals surface area contributed by atoms with Gasteiger partial charge in [-0.3, -0.25) is 4.90 Å². The highest BCUT2D eigenvalue weighted by atomic mass is 15.1. The van der Waals surface area contributed by atoms with Crippen molar-refractivity contribution in [2.75, 3.05) is 6.54 Å². The summed E-state index contributed by atoms with van der Waals surface area (Å²) in [5.41, 5.74) is 6.71. The molecule has 2 heterocycles. The Hall–Kier alpha value is -2.52. The van der Waals surface area contributed by atoms with Crippen molar-refractivity contribution in [1.29, 1.82) is 0 Å². The van der Waals surface area contributed by atoms with Crippen molar-refractivity contribution in [1.82, 2.24) is 14.9 Å². The Morgan fingerprint density at radius 2 is 1.71 bits per heavy atom. The monoisotopic (exact) mass is 315 g/mol. The fourth-order valence-corrected chi connectivity index (χ4v) is 3.32. The van der Waals surface area contributed by atoms with Gasteiger partial charge >= 0.3 is 0 Å². The van der Waals surface area contributed by atoms with Gasteiger partial charge in [0.2, 0.25) is 0 Å². The van der Waals surface area contributed by atoms with Crippen LogP contribution in [0.25, 0.3) is 11.1 Å². The molecule has 0 unspecified atom stereocenters. The lowest BCUT2D eigenvalue weighted by atomic mass is 9.94. The van der Waals surface area contributed by atoms with E-state index in [2.05, 4.69) is 63.4 Å². The van der Waals surface area contributed by atoms with E-state index in [1.165, 1.54) is 27.8 Å². The Bertz CT molecular complexity index is 825. The first-order valence-electron chi connectivity index (χ1n) is 8.45. The molecule has 1 aliphatic heterocycles. The number of benzene rings is 2. The maximum Gasteiger partial charge on any atom is 0.125 e. The number of aryl methyl sites for hydroxylation is 1. The molecule has 3 heteroatoms. The Morgan fingerprint density at radius 1 is 0.917 bits per heavy atom. The molecule has 3 aromatic rings. The molecule has 0 amide bonds. The smallest absolute Gasteiger partial charge is 0.125 e. The summed E-state index contributed by atoms with van der Waals surface area (Å²) in [6.45, 7) is 4.92. The average Bonchev–Trinajstić information content (AvgIpc) is 2.64. The van der Waals surface area contributed by atoms with Crippen LogP contribution in [0.5, 0.6) is 0 Å². The van der Waals surface area contributed by atoms with Crippen LogP contribution in [-0.4, -0.2) is 21.4 Å². The summed E-state index contributed by atoms with van der Waals surface area (Å²) in [5, 5.41) is 0. The lowest BCUT2D eigenvalue weighted by Crippen LogP contribution is -2.30. The molecule has 0 N–H and O–H groups in total. The first-order chi connectivity index (χ1) is 11.8. The molecule has 0 bridgehead atoms. The van der Waals surface area contributed by atoms with Gasteiger partial charge in [-0.2, -0.15) is 0 Å². The highest BCUT2D eigenvalue weighted by molar-refractivity contribution is 5.65. The summed E-state index contributed by atoms with van der Waals surface area (Å²) >= 11 is 0. The van der Waals surface area contributed by atoms with Crippen LogP contribution in [0.1, 0.15) is 22.5 Å². The molecule has 0 atom stereocenters. The molecule has 0 saturated carbocycles. The van der Waals surface area contributed by atoms with Crippen LogP contribution in [0.4, 0.5) is 0 Å². The van der Waals surface area contributed by atoms with Gasteiger partial charge in [-0.1, -0.05) is 48.5 Å². The van der Waals surface area contributed by atoms with E-state index in [1.54, 1.807) is 0 Å². The first-order valence-corrected chi connectivity index (χ1v) is 8.45. The third-order valence-corrected chi connectivity index (χ3v) is 4.65. The molecule has 0 spiro atoms. The van der Waals surface area contributed by atoms with Gasteiger partial charge < -0.3 is 0 Å². The number of fused-ring (bicyclic) bond motifs is 1. The largest absolute Gasteiger partial charge is 0.294 e. The predicted octanol–water partition coefficient (Wildman–Crippen LogP) is 4.01. The Labute approximate surface area is 143 Å². The summed E-state index contributed by atoms with van der Waals surface area (Å²) in [6.07, 6.45) is 4.98. The van der Waals surface area contributed by atoms with Crippen LogP contribution < -0.4 is 0 Å². The zero-order valence-corrected chi connectivity index (χ0v) is 13.9. The van der Waals surface area contributed by atoms with E-state index in [-0.39, 0.29) is 0 Å². The lowest BCUT2D eigenvalue weighted by molar-refractivity contribution is 0.245. The molecular formula is C21H21N3. The Balaban J connectivity index is 1.50. The normalized spacial score (nSPS) is 14.4. The van der Waals surface area contributed by atoms with Gasteiger partial charge in [0, 0.05) is 37.6 Å². The van der Waals surface area contributed by atoms with Crippen molar-refractivity contribution < 1.29 is 0 Å². The van der Waals surface area contributed by atoms with Crippen LogP contribution in [0.2, 0.25) is 0 Å². The predicted molar refractivity (Wildman–Crippen MR) is 96.5 cm³/mol. The van der Waals surface area contributed by atoms with E-state index in [0.29, 0.717) is 0 Å². The average molecular weight is 315 g/mol. The number of hydrogen-bond acceptors (Lipinski definition) is 3. The maximum absolute atomic E-state index is 4.30. The zero-order chi connectivity index (χ0) is 16.4. The zero-order valence-electron chi connectivity index (χ0n) is 13.9. The quantitative estimate of drug-likeness (QED) is 0.731. The third-order valence-electron chi connectivity index (χ3n) is 4.65. The second-order valence-electron chi connectivity index (χ2n) is 6.45. The van der Waals surface area contributed by atoms with E-state index >= 15 is 0 Å². The van der Waals surface area contributed by atoms with Gasteiger partial charge in [0.15, 0.2) is 0 Å². The molecule has 4 rings (SSSR count). The summed E-state index contributed by atoms with van der Waals surface area (Å²) in [5.74, 6) is 0.830. The fraction of sp³-hybridized carbons (Fsp3) is 0.238. The minimum absolute atomic E-state index is 0.830. The summed E-state index contributed by atoms with van der Waals surface area (Å²) in [4.78, 5) is 11.1. The number of rotatable bonds is 3. The van der Waals surface area contributed by atoms with E-state index in [1.807, 2.05) is 19.3 Å². The number of nitrogens with zero attached hydrogens (tertiary/aromatic N) is 3. The van der Waals surface area contributed by atoms with Gasteiger partial charge in [-0.15, -0.1) is 0 Å². The lowest BCUT2D eigenvalue weighted by Gasteiger charge is -2.29. The summed E-state index contributed by atoms with van der Waals surface area (Å²) < 4.78 is 0. The summed E-state index contributed by atoms with van der Waals surface area (Å²) in [7, 11) is 0. The van der Waals surface area contributed by atoms with Crippen LogP contribution in [0.15, 0.2) is 60.9 Å². The van der Waals surface area contributed by atoms with Gasteiger partial charge in [0.25, 0.3) is 0 Å². The van der Waals surface area contributed by atoms with Crippen LogP contribution in [-0.2, 0) is 19.5 Å². The molecule has 0 fully saturated rings. The minimum atomic E-state index is 0.830. The highest BCUT2D eigenvalue weighted by Crippen LogP contribution is 2.26. The van der Waals surface area contributed by atoms with Crippen molar-refractivity contribution in [3.8, 4) is 11.1 Å². The molecule has 3 nitrogen and oxygen atoms in total. The molecule has 0 radical (unpaired) electrons. The van der Waals surface area contributed by atoms with Gasteiger partial charge in [0.05, 0.1) is 0 Å².